The van der Waals surface area contributed by atoms with Crippen LogP contribution >= 0.6 is 0 Å². The van der Waals surface area contributed by atoms with Gasteiger partial charge in [0.1, 0.15) is 0 Å². The van der Waals surface area contributed by atoms with Crippen molar-refractivity contribution in [3.63, 3.8) is 0 Å². The van der Waals surface area contributed by atoms with Gasteiger partial charge in [0.15, 0.2) is 16.1 Å². The minimum atomic E-state index is -3.07. The summed E-state index contributed by atoms with van der Waals surface area (Å²) in [5.74, 6) is 0. The van der Waals surface area contributed by atoms with Gasteiger partial charge in [-0.15, -0.1) is 0 Å². The topological polar surface area (TPSA) is 9.86 Å². The molecule has 0 spiro atoms. The van der Waals surface area contributed by atoms with Gasteiger partial charge in [-0.2, -0.15) is 0 Å². The molecule has 0 atom stereocenters. The van der Waals surface area contributed by atoms with Gasteiger partial charge in [0.2, 0.25) is 0 Å². The molecule has 0 aliphatic carbocycles. The van der Waals surface area contributed by atoms with Crippen molar-refractivity contribution in [2.45, 2.75) is 0 Å². The minimum Gasteiger partial charge on any atom is -0.309 e. The summed E-state index contributed by atoms with van der Waals surface area (Å²) >= 11 is 0. The maximum Gasteiger partial charge on any atom is 0.180 e. The van der Waals surface area contributed by atoms with Crippen molar-refractivity contribution in [3.05, 3.63) is 340 Å². The molecule has 2 nitrogen and oxygen atoms in total. The fourth-order valence-electron chi connectivity index (χ4n) is 13.7. The fraction of sp³-hybridized carbons (Fsp3) is 0. The number of rotatable bonds is 12. The zero-order chi connectivity index (χ0) is 54.5. The van der Waals surface area contributed by atoms with Crippen LogP contribution in [0.5, 0.6) is 0 Å². The Balaban J connectivity index is 1.01. The Morgan fingerprint density at radius 3 is 1.13 bits per heavy atom. The molecule has 0 aliphatic rings. The van der Waals surface area contributed by atoms with Gasteiger partial charge in [0, 0.05) is 32.9 Å². The van der Waals surface area contributed by atoms with Crippen molar-refractivity contribution < 1.29 is 0 Å². The number of fused-ring (bicyclic) bond motifs is 6. The largest absolute Gasteiger partial charge is 0.309 e. The molecule has 0 unspecified atom stereocenters. The first-order valence-electron chi connectivity index (χ1n) is 28.4. The SMILES string of the molecule is c1ccc(-c2cccc([Si](c3ccccc3)(c3ccccc3)c3ccc(-n4c5ccc(-n6c7ccccc7c7cc(-c8ccccc8)ccc76)cc5c5c([Si](c6ccccc6)(c6ccccc6)c6ccccc6)cccc54)cc3)c2)cc1. The summed E-state index contributed by atoms with van der Waals surface area (Å²) in [4.78, 5) is 0. The molecule has 0 saturated heterocycles. The van der Waals surface area contributed by atoms with Crippen LogP contribution in [-0.2, 0) is 0 Å². The Bertz CT molecular complexity index is 4620. The summed E-state index contributed by atoms with van der Waals surface area (Å²) in [6, 6.07) is 128. The summed E-state index contributed by atoms with van der Waals surface area (Å²) in [6.45, 7) is 0. The Kier molecular flexibility index (Phi) is 12.3. The van der Waals surface area contributed by atoms with Crippen LogP contribution < -0.4 is 41.5 Å². The molecular formula is C78H56N2Si2. The highest BCUT2D eigenvalue weighted by Crippen LogP contribution is 2.39. The van der Waals surface area contributed by atoms with E-state index < -0.39 is 16.1 Å². The third-order valence-corrected chi connectivity index (χ3v) is 26.8. The van der Waals surface area contributed by atoms with Gasteiger partial charge >= 0.3 is 0 Å². The van der Waals surface area contributed by atoms with E-state index >= 15 is 0 Å². The summed E-state index contributed by atoms with van der Waals surface area (Å²) in [5, 5.41) is 15.7. The molecule has 13 aromatic carbocycles. The highest BCUT2D eigenvalue weighted by molar-refractivity contribution is 7.21. The zero-order valence-electron chi connectivity index (χ0n) is 45.2. The van der Waals surface area contributed by atoms with Crippen LogP contribution in [0, 0.1) is 0 Å². The van der Waals surface area contributed by atoms with Crippen molar-refractivity contribution in [2.24, 2.45) is 0 Å². The lowest BCUT2D eigenvalue weighted by atomic mass is 10.0. The van der Waals surface area contributed by atoms with Gasteiger partial charge in [0.25, 0.3) is 0 Å². The predicted octanol–water partition coefficient (Wildman–Crippen LogP) is 14.0. The Hall–Kier alpha value is -10.1. The number of para-hydroxylation sites is 1. The summed E-state index contributed by atoms with van der Waals surface area (Å²) < 4.78 is 5.03. The van der Waals surface area contributed by atoms with Crippen LogP contribution in [0.25, 0.3) is 77.2 Å². The van der Waals surface area contributed by atoms with Crippen molar-refractivity contribution >= 4 is 101 Å². The van der Waals surface area contributed by atoms with Crippen molar-refractivity contribution in [1.82, 2.24) is 9.13 Å². The van der Waals surface area contributed by atoms with Crippen LogP contribution in [0.4, 0.5) is 0 Å². The molecule has 2 aromatic heterocycles. The van der Waals surface area contributed by atoms with E-state index in [0.29, 0.717) is 0 Å². The smallest absolute Gasteiger partial charge is 0.180 e. The van der Waals surface area contributed by atoms with E-state index in [1.54, 1.807) is 0 Å². The standard InChI is InChI=1S/C78H56N2Si2/c1-8-26-57(27-9-1)59-30-24-41-69(54-59)81(63-31-12-3-13-32-63,64-33-14-4-15-34-64)68-50-47-61(48-51-68)79-75-53-49-62(80-73-43-23-22-42-70(73)71-55-60(46-52-74(71)80)58-28-10-2-11-29-58)56-72(75)78-76(79)44-25-45-77(78)82(65-35-16-5-17-36-65,66-37-18-6-19-38-66)67-39-20-7-21-40-67/h1-56H. The maximum atomic E-state index is 2.55. The molecule has 0 bridgehead atoms. The Morgan fingerprint density at radius 2 is 0.573 bits per heavy atom. The number of nitrogens with zero attached hydrogens (tertiary/aromatic N) is 2. The van der Waals surface area contributed by atoms with E-state index in [4.69, 9.17) is 0 Å². The second-order valence-electron chi connectivity index (χ2n) is 21.5. The second-order valence-corrected chi connectivity index (χ2v) is 29.1. The zero-order valence-corrected chi connectivity index (χ0v) is 47.2. The molecule has 4 heteroatoms. The highest BCUT2D eigenvalue weighted by atomic mass is 28.3. The molecule has 386 valence electrons. The van der Waals surface area contributed by atoms with E-state index in [0.717, 1.165) is 16.9 Å². The maximum absolute atomic E-state index is 3.07. The number of hydrogen-bond acceptors (Lipinski definition) is 0. The molecular weight excluding hydrogens is 1020 g/mol. The molecule has 15 aromatic rings. The minimum absolute atomic E-state index is 1.12. The molecule has 82 heavy (non-hydrogen) atoms. The molecule has 0 fully saturated rings. The molecule has 0 aliphatic heterocycles. The fourth-order valence-corrected chi connectivity index (χ4v) is 23.4. The molecule has 0 radical (unpaired) electrons. The van der Waals surface area contributed by atoms with E-state index in [1.165, 1.54) is 102 Å². The molecule has 0 amide bonds. The van der Waals surface area contributed by atoms with Gasteiger partial charge in [-0.05, 0) is 118 Å². The van der Waals surface area contributed by atoms with Crippen LogP contribution in [-0.4, -0.2) is 25.3 Å². The van der Waals surface area contributed by atoms with E-state index in [-0.39, 0.29) is 0 Å². The average Bonchev–Trinajstić information content (AvgIpc) is 2.34. The van der Waals surface area contributed by atoms with Crippen molar-refractivity contribution in [2.75, 3.05) is 0 Å². The molecule has 0 saturated carbocycles. The van der Waals surface area contributed by atoms with Crippen LogP contribution in [0.1, 0.15) is 0 Å². The summed E-state index contributed by atoms with van der Waals surface area (Å²) in [7, 11) is -6.01. The number of hydrogen-bond donors (Lipinski definition) is 0. The first-order valence-corrected chi connectivity index (χ1v) is 32.4. The summed E-state index contributed by atoms with van der Waals surface area (Å²) in [6.07, 6.45) is 0. The first-order chi connectivity index (χ1) is 40.7. The van der Waals surface area contributed by atoms with Gasteiger partial charge in [-0.3, -0.25) is 0 Å². The Morgan fingerprint density at radius 1 is 0.195 bits per heavy atom. The number of aromatic nitrogens is 2. The van der Waals surface area contributed by atoms with E-state index in [2.05, 4.69) is 349 Å². The van der Waals surface area contributed by atoms with Crippen LogP contribution in [0.15, 0.2) is 340 Å². The lowest BCUT2D eigenvalue weighted by molar-refractivity contribution is 1.17. The third kappa shape index (κ3) is 7.90. The molecule has 0 N–H and O–H groups in total. The molecule has 2 heterocycles. The lowest BCUT2D eigenvalue weighted by Crippen LogP contribution is -2.74. The van der Waals surface area contributed by atoms with Gasteiger partial charge < -0.3 is 9.13 Å². The normalized spacial score (nSPS) is 11.9. The van der Waals surface area contributed by atoms with E-state index in [9.17, 15) is 0 Å². The van der Waals surface area contributed by atoms with Gasteiger partial charge in [-0.1, -0.05) is 285 Å². The third-order valence-electron chi connectivity index (χ3n) is 17.2. The van der Waals surface area contributed by atoms with Crippen molar-refractivity contribution in [3.8, 4) is 33.6 Å². The van der Waals surface area contributed by atoms with Crippen molar-refractivity contribution in [1.29, 1.82) is 0 Å². The van der Waals surface area contributed by atoms with Gasteiger partial charge in [-0.25, -0.2) is 0 Å². The first kappa shape index (κ1) is 49.0. The quantitative estimate of drug-likeness (QED) is 0.0852. The Labute approximate surface area is 480 Å². The highest BCUT2D eigenvalue weighted by Gasteiger charge is 2.44. The predicted molar refractivity (Wildman–Crippen MR) is 353 cm³/mol. The van der Waals surface area contributed by atoms with Crippen LogP contribution in [0.2, 0.25) is 0 Å². The van der Waals surface area contributed by atoms with Crippen LogP contribution in [0.3, 0.4) is 0 Å². The van der Waals surface area contributed by atoms with Gasteiger partial charge in [0.05, 0.1) is 22.1 Å². The molecule has 15 rings (SSSR count). The second kappa shape index (κ2) is 20.5. The lowest BCUT2D eigenvalue weighted by Gasteiger charge is -2.35. The van der Waals surface area contributed by atoms with E-state index in [1.807, 2.05) is 0 Å². The number of benzene rings is 13. The average molecular weight is 1080 g/mol. The monoisotopic (exact) mass is 1080 g/mol. The summed E-state index contributed by atoms with van der Waals surface area (Å²) in [5.41, 5.74) is 11.8.